The SMILES string of the molecule is CC(C)(C)OC(=O)COC1CCN(C(=O)NNC(=O)c2ccc(CNC(=O)OC(C)(C)C)cc2)CC1. The summed E-state index contributed by atoms with van der Waals surface area (Å²) < 4.78 is 16.0. The van der Waals surface area contributed by atoms with E-state index in [-0.39, 0.29) is 19.3 Å². The van der Waals surface area contributed by atoms with E-state index in [0.717, 1.165) is 5.56 Å². The summed E-state index contributed by atoms with van der Waals surface area (Å²) in [6.07, 6.45) is 0.483. The van der Waals surface area contributed by atoms with Crippen molar-refractivity contribution in [2.24, 2.45) is 0 Å². The molecule has 3 N–H and O–H groups in total. The van der Waals surface area contributed by atoms with E-state index in [0.29, 0.717) is 31.5 Å². The van der Waals surface area contributed by atoms with E-state index >= 15 is 0 Å². The second-order valence-corrected chi connectivity index (χ2v) is 10.5. The van der Waals surface area contributed by atoms with Gasteiger partial charge < -0.3 is 24.4 Å². The van der Waals surface area contributed by atoms with E-state index in [1.807, 2.05) is 0 Å². The highest BCUT2D eigenvalue weighted by atomic mass is 16.6. The van der Waals surface area contributed by atoms with Crippen LogP contribution in [0.1, 0.15) is 70.3 Å². The number of amides is 4. The van der Waals surface area contributed by atoms with Crippen molar-refractivity contribution in [3.63, 3.8) is 0 Å². The smallest absolute Gasteiger partial charge is 0.407 e. The summed E-state index contributed by atoms with van der Waals surface area (Å²) in [4.78, 5) is 49.9. The minimum Gasteiger partial charge on any atom is -0.458 e. The van der Waals surface area contributed by atoms with Crippen molar-refractivity contribution in [1.29, 1.82) is 0 Å². The minimum absolute atomic E-state index is 0.125. The first-order chi connectivity index (χ1) is 16.7. The summed E-state index contributed by atoms with van der Waals surface area (Å²) in [6, 6.07) is 6.18. The van der Waals surface area contributed by atoms with Crippen LogP contribution in [0.3, 0.4) is 0 Å². The highest BCUT2D eigenvalue weighted by Gasteiger charge is 2.25. The lowest BCUT2D eigenvalue weighted by molar-refractivity contribution is -0.163. The third-order valence-electron chi connectivity index (χ3n) is 4.92. The van der Waals surface area contributed by atoms with Crippen LogP contribution in [0.4, 0.5) is 9.59 Å². The number of ether oxygens (including phenoxy) is 3. The number of nitrogens with one attached hydrogen (secondary N) is 3. The van der Waals surface area contributed by atoms with Gasteiger partial charge >= 0.3 is 18.1 Å². The Bertz CT molecular complexity index is 912. The van der Waals surface area contributed by atoms with Gasteiger partial charge in [-0.1, -0.05) is 12.1 Å². The molecular formula is C25H38N4O7. The summed E-state index contributed by atoms with van der Waals surface area (Å²) in [5, 5.41) is 2.65. The van der Waals surface area contributed by atoms with E-state index in [1.165, 1.54) is 0 Å². The standard InChI is InChI=1S/C25H38N4O7/c1-24(2,3)35-20(30)16-34-19-11-13-29(14-12-19)22(32)28-27-21(31)18-9-7-17(8-10-18)15-26-23(33)36-25(4,5)6/h7-10,19H,11-16H2,1-6H3,(H,26,33)(H,27,31)(H,28,32). The molecule has 0 aliphatic carbocycles. The van der Waals surface area contributed by atoms with Crippen LogP contribution in [0.5, 0.6) is 0 Å². The van der Waals surface area contributed by atoms with Gasteiger partial charge in [0.25, 0.3) is 5.91 Å². The maximum atomic E-state index is 12.4. The first-order valence-electron chi connectivity index (χ1n) is 12.0. The molecule has 1 aliphatic rings. The van der Waals surface area contributed by atoms with Crippen molar-refractivity contribution in [3.05, 3.63) is 35.4 Å². The molecule has 1 aromatic rings. The molecule has 1 fully saturated rings. The number of piperidine rings is 1. The molecule has 1 aromatic carbocycles. The number of urea groups is 1. The molecule has 0 atom stereocenters. The molecule has 36 heavy (non-hydrogen) atoms. The van der Waals surface area contributed by atoms with Crippen LogP contribution in [-0.2, 0) is 25.5 Å². The average molecular weight is 507 g/mol. The van der Waals surface area contributed by atoms with E-state index in [4.69, 9.17) is 14.2 Å². The van der Waals surface area contributed by atoms with Gasteiger partial charge in [-0.15, -0.1) is 0 Å². The van der Waals surface area contributed by atoms with Gasteiger partial charge in [0.2, 0.25) is 0 Å². The van der Waals surface area contributed by atoms with Crippen LogP contribution in [0, 0.1) is 0 Å². The summed E-state index contributed by atoms with van der Waals surface area (Å²) in [5.41, 5.74) is 4.82. The van der Waals surface area contributed by atoms with Gasteiger partial charge in [0, 0.05) is 25.2 Å². The lowest BCUT2D eigenvalue weighted by Gasteiger charge is -2.31. The molecule has 0 spiro atoms. The molecule has 0 aromatic heterocycles. The fourth-order valence-electron chi connectivity index (χ4n) is 3.31. The number of likely N-dealkylation sites (tertiary alicyclic amines) is 1. The Morgan fingerprint density at radius 2 is 1.47 bits per heavy atom. The van der Waals surface area contributed by atoms with Crippen LogP contribution in [-0.4, -0.2) is 65.9 Å². The van der Waals surface area contributed by atoms with Gasteiger partial charge in [-0.3, -0.25) is 10.2 Å². The Kier molecular flexibility index (Phi) is 10.1. The summed E-state index contributed by atoms with van der Waals surface area (Å²) in [7, 11) is 0. The van der Waals surface area contributed by atoms with Gasteiger partial charge in [0.15, 0.2) is 0 Å². The molecule has 1 aliphatic heterocycles. The number of nitrogens with zero attached hydrogens (tertiary/aromatic N) is 1. The number of benzene rings is 1. The van der Waals surface area contributed by atoms with E-state index in [9.17, 15) is 19.2 Å². The maximum Gasteiger partial charge on any atom is 0.407 e. The number of rotatable bonds is 6. The Hall–Kier alpha value is -3.34. The zero-order valence-corrected chi connectivity index (χ0v) is 21.9. The fourth-order valence-corrected chi connectivity index (χ4v) is 3.31. The predicted octanol–water partition coefficient (Wildman–Crippen LogP) is 2.89. The number of alkyl carbamates (subject to hydrolysis) is 1. The van der Waals surface area contributed by atoms with Crippen LogP contribution in [0.2, 0.25) is 0 Å². The molecular weight excluding hydrogens is 468 g/mol. The zero-order valence-electron chi connectivity index (χ0n) is 21.9. The number of hydrogen-bond acceptors (Lipinski definition) is 7. The van der Waals surface area contributed by atoms with Gasteiger partial charge in [0.1, 0.15) is 17.8 Å². The topological polar surface area (TPSA) is 135 Å². The van der Waals surface area contributed by atoms with Crippen molar-refractivity contribution < 1.29 is 33.4 Å². The molecule has 11 heteroatoms. The molecule has 0 unspecified atom stereocenters. The van der Waals surface area contributed by atoms with Gasteiger partial charge in [-0.25, -0.2) is 19.8 Å². The minimum atomic E-state index is -0.581. The molecule has 200 valence electrons. The van der Waals surface area contributed by atoms with Crippen molar-refractivity contribution in [2.45, 2.75) is 78.2 Å². The lowest BCUT2D eigenvalue weighted by Crippen LogP contribution is -2.51. The zero-order chi connectivity index (χ0) is 26.9. The van der Waals surface area contributed by atoms with Gasteiger partial charge in [0.05, 0.1) is 6.10 Å². The number of carbonyl (C=O) groups is 4. The Labute approximate surface area is 212 Å². The summed E-state index contributed by atoms with van der Waals surface area (Å²) >= 11 is 0. The first kappa shape index (κ1) is 28.9. The number of esters is 1. The van der Waals surface area contributed by atoms with Crippen molar-refractivity contribution in [3.8, 4) is 0 Å². The van der Waals surface area contributed by atoms with Crippen LogP contribution in [0.25, 0.3) is 0 Å². The lowest BCUT2D eigenvalue weighted by atomic mass is 10.1. The molecule has 0 saturated carbocycles. The summed E-state index contributed by atoms with van der Waals surface area (Å²) in [5.74, 6) is -0.886. The summed E-state index contributed by atoms with van der Waals surface area (Å²) in [6.45, 7) is 11.7. The fraction of sp³-hybridized carbons (Fsp3) is 0.600. The van der Waals surface area contributed by atoms with Crippen molar-refractivity contribution >= 4 is 24.0 Å². The maximum absolute atomic E-state index is 12.4. The molecule has 0 radical (unpaired) electrons. The van der Waals surface area contributed by atoms with Crippen LogP contribution >= 0.6 is 0 Å². The Balaban J connectivity index is 1.69. The quantitative estimate of drug-likeness (QED) is 0.399. The second kappa shape index (κ2) is 12.6. The molecule has 2 rings (SSSR count). The second-order valence-electron chi connectivity index (χ2n) is 10.5. The van der Waals surface area contributed by atoms with Crippen LogP contribution < -0.4 is 16.2 Å². The molecule has 4 amide bonds. The average Bonchev–Trinajstić information content (AvgIpc) is 2.78. The highest BCUT2D eigenvalue weighted by molar-refractivity contribution is 5.95. The number of carbonyl (C=O) groups excluding carboxylic acids is 4. The molecule has 11 nitrogen and oxygen atoms in total. The predicted molar refractivity (Wildman–Crippen MR) is 132 cm³/mol. The van der Waals surface area contributed by atoms with E-state index in [2.05, 4.69) is 16.2 Å². The van der Waals surface area contributed by atoms with Gasteiger partial charge in [-0.2, -0.15) is 0 Å². The van der Waals surface area contributed by atoms with Crippen molar-refractivity contribution in [1.82, 2.24) is 21.1 Å². The van der Waals surface area contributed by atoms with E-state index < -0.39 is 35.2 Å². The molecule has 1 saturated heterocycles. The van der Waals surface area contributed by atoms with E-state index in [1.54, 1.807) is 70.7 Å². The third kappa shape index (κ3) is 10.9. The van der Waals surface area contributed by atoms with Crippen molar-refractivity contribution in [2.75, 3.05) is 19.7 Å². The number of hydrogen-bond donors (Lipinski definition) is 3. The number of hydrazine groups is 1. The van der Waals surface area contributed by atoms with Gasteiger partial charge in [-0.05, 0) is 72.1 Å². The molecule has 0 bridgehead atoms. The van der Waals surface area contributed by atoms with Crippen LogP contribution in [0.15, 0.2) is 24.3 Å². The monoisotopic (exact) mass is 506 g/mol. The molecule has 1 heterocycles. The third-order valence-corrected chi connectivity index (χ3v) is 4.92. The Morgan fingerprint density at radius 1 is 0.889 bits per heavy atom. The largest absolute Gasteiger partial charge is 0.458 e. The Morgan fingerprint density at radius 3 is 2.03 bits per heavy atom. The highest BCUT2D eigenvalue weighted by Crippen LogP contribution is 2.15. The first-order valence-corrected chi connectivity index (χ1v) is 12.0. The normalized spacial score (nSPS) is 14.6.